The summed E-state index contributed by atoms with van der Waals surface area (Å²) in [5, 5.41) is 76.7. The molecule has 24 heavy (non-hydrogen) atoms. The number of aliphatic hydroxyl groups excluding tert-OH is 8. The second kappa shape index (κ2) is 8.71. The van der Waals surface area contributed by atoms with Crippen molar-refractivity contribution in [3.8, 4) is 0 Å². The van der Waals surface area contributed by atoms with E-state index in [4.69, 9.17) is 24.4 Å². The fraction of sp³-hybridized carbons (Fsp3) is 1.00. The fourth-order valence-electron chi connectivity index (χ4n) is 2.63. The van der Waals surface area contributed by atoms with Crippen LogP contribution in [-0.4, -0.2) is 115 Å². The van der Waals surface area contributed by atoms with Gasteiger partial charge in [0.1, 0.15) is 49.3 Å². The number of aliphatic hydroxyl groups is 8. The van der Waals surface area contributed by atoms with Crippen molar-refractivity contribution in [3.63, 3.8) is 0 Å². The van der Waals surface area contributed by atoms with Crippen LogP contribution in [0.25, 0.3) is 0 Å². The van der Waals surface area contributed by atoms with E-state index < -0.39 is 74.6 Å². The molecule has 0 aliphatic carbocycles. The van der Waals surface area contributed by atoms with E-state index >= 15 is 0 Å². The van der Waals surface area contributed by atoms with E-state index in [2.05, 4.69) is 0 Å². The Kier molecular flexibility index (Phi) is 8.07. The first-order chi connectivity index (χ1) is 10.8. The Balaban J connectivity index is 0.00000288. The molecule has 2 aliphatic rings. The molecule has 0 aromatic rings. The van der Waals surface area contributed by atoms with Gasteiger partial charge in [-0.2, -0.15) is 0 Å². The normalized spacial score (nSPS) is 49.0. The van der Waals surface area contributed by atoms with Crippen molar-refractivity contribution < 1.29 is 74.5 Å². The molecule has 2 aliphatic heterocycles. The standard InChI is InChI=1S/C12H22O11.Zn/c13-1-4-6(16)8(18)9(19)11(21-4)23-12(3-15)10(20)7(17)5(2-14)22-12;/h4-11,13-20H,1-3H2;/t4-,5-,6-,7-,8+,9-,10+,11-,12+;/m1./s1. The van der Waals surface area contributed by atoms with Crippen molar-refractivity contribution in [1.82, 2.24) is 0 Å². The smallest absolute Gasteiger partial charge is 0.224 e. The van der Waals surface area contributed by atoms with E-state index in [1.807, 2.05) is 0 Å². The summed E-state index contributed by atoms with van der Waals surface area (Å²) in [5.74, 6) is -2.22. The number of ether oxygens (including phenoxy) is 3. The summed E-state index contributed by atoms with van der Waals surface area (Å²) in [6, 6.07) is 0. The molecule has 0 saturated carbocycles. The van der Waals surface area contributed by atoms with Gasteiger partial charge in [-0.25, -0.2) is 0 Å². The van der Waals surface area contributed by atoms with Crippen molar-refractivity contribution in [2.45, 2.75) is 54.8 Å². The van der Waals surface area contributed by atoms with Crippen LogP contribution >= 0.6 is 0 Å². The third-order valence-electron chi connectivity index (χ3n) is 4.07. The molecular weight excluding hydrogens is 386 g/mol. The molecule has 2 saturated heterocycles. The Hall–Kier alpha value is 0.183. The third kappa shape index (κ3) is 3.80. The van der Waals surface area contributed by atoms with E-state index in [0.717, 1.165) is 0 Å². The van der Waals surface area contributed by atoms with Crippen LogP contribution in [-0.2, 0) is 33.7 Å². The minimum absolute atomic E-state index is 0. The summed E-state index contributed by atoms with van der Waals surface area (Å²) < 4.78 is 15.4. The monoisotopic (exact) mass is 406 g/mol. The molecule has 0 radical (unpaired) electrons. The van der Waals surface area contributed by atoms with Crippen LogP contribution in [0.4, 0.5) is 0 Å². The first-order valence-electron chi connectivity index (χ1n) is 7.05. The molecule has 0 amide bonds. The average Bonchev–Trinajstić information content (AvgIpc) is 2.80. The SMILES string of the molecule is OC[C@H]1O[C@@](CO)(O[C@H]2O[C@H](CO)[C@@H](O)[C@H](O)[C@H]2O)[C@@H](O)[C@@H]1O.[Zn]. The van der Waals surface area contributed by atoms with Gasteiger partial charge in [-0.15, -0.1) is 0 Å². The Morgan fingerprint density at radius 2 is 1.38 bits per heavy atom. The Morgan fingerprint density at radius 3 is 1.83 bits per heavy atom. The minimum Gasteiger partial charge on any atom is -0.394 e. The quantitative estimate of drug-likeness (QED) is 0.203. The maximum Gasteiger partial charge on any atom is 0.224 e. The van der Waals surface area contributed by atoms with Gasteiger partial charge in [-0.05, 0) is 0 Å². The van der Waals surface area contributed by atoms with Crippen LogP contribution in [0.3, 0.4) is 0 Å². The van der Waals surface area contributed by atoms with Crippen LogP contribution in [0.5, 0.6) is 0 Å². The molecule has 8 N–H and O–H groups in total. The second-order valence-electron chi connectivity index (χ2n) is 5.56. The maximum atomic E-state index is 10.00. The fourth-order valence-corrected chi connectivity index (χ4v) is 2.63. The minimum atomic E-state index is -2.22. The largest absolute Gasteiger partial charge is 0.394 e. The van der Waals surface area contributed by atoms with E-state index in [-0.39, 0.29) is 19.5 Å². The molecule has 0 unspecified atom stereocenters. The van der Waals surface area contributed by atoms with E-state index in [0.29, 0.717) is 0 Å². The predicted molar refractivity (Wildman–Crippen MR) is 68.6 cm³/mol. The summed E-state index contributed by atoms with van der Waals surface area (Å²) >= 11 is 0. The predicted octanol–water partition coefficient (Wildman–Crippen LogP) is -5.40. The summed E-state index contributed by atoms with van der Waals surface area (Å²) in [4.78, 5) is 0. The van der Waals surface area contributed by atoms with Gasteiger partial charge < -0.3 is 55.1 Å². The molecular formula is C12H22O11Zn. The van der Waals surface area contributed by atoms with Crippen LogP contribution in [0.1, 0.15) is 0 Å². The van der Waals surface area contributed by atoms with Gasteiger partial charge in [0.25, 0.3) is 0 Å². The van der Waals surface area contributed by atoms with Crippen molar-refractivity contribution >= 4 is 0 Å². The summed E-state index contributed by atoms with van der Waals surface area (Å²) in [6.45, 7) is -2.32. The second-order valence-corrected chi connectivity index (χ2v) is 5.56. The molecule has 12 heteroatoms. The molecule has 0 aromatic heterocycles. The van der Waals surface area contributed by atoms with Crippen molar-refractivity contribution in [2.75, 3.05) is 19.8 Å². The first kappa shape index (κ1) is 22.2. The first-order valence-corrected chi connectivity index (χ1v) is 7.05. The molecule has 11 nitrogen and oxygen atoms in total. The molecule has 138 valence electrons. The summed E-state index contributed by atoms with van der Waals surface area (Å²) in [7, 11) is 0. The zero-order valence-electron chi connectivity index (χ0n) is 12.7. The molecule has 0 aromatic carbocycles. The van der Waals surface area contributed by atoms with Gasteiger partial charge in [0.2, 0.25) is 5.79 Å². The molecule has 9 atom stereocenters. The zero-order valence-corrected chi connectivity index (χ0v) is 15.7. The third-order valence-corrected chi connectivity index (χ3v) is 4.07. The number of rotatable bonds is 5. The summed E-state index contributed by atoms with van der Waals surface area (Å²) in [5.41, 5.74) is 0. The number of hydrogen-bond acceptors (Lipinski definition) is 11. The van der Waals surface area contributed by atoms with Gasteiger partial charge in [0.05, 0.1) is 13.2 Å². The molecule has 2 fully saturated rings. The van der Waals surface area contributed by atoms with Gasteiger partial charge in [-0.1, -0.05) is 0 Å². The van der Waals surface area contributed by atoms with E-state index in [9.17, 15) is 30.6 Å². The van der Waals surface area contributed by atoms with Crippen molar-refractivity contribution in [3.05, 3.63) is 0 Å². The van der Waals surface area contributed by atoms with Crippen molar-refractivity contribution in [1.29, 1.82) is 0 Å². The van der Waals surface area contributed by atoms with Crippen LogP contribution in [0, 0.1) is 0 Å². The van der Waals surface area contributed by atoms with Gasteiger partial charge in [0, 0.05) is 19.5 Å². The molecule has 0 bridgehead atoms. The van der Waals surface area contributed by atoms with Crippen molar-refractivity contribution in [2.24, 2.45) is 0 Å². The maximum absolute atomic E-state index is 10.00. The topological polar surface area (TPSA) is 190 Å². The average molecular weight is 408 g/mol. The van der Waals surface area contributed by atoms with Gasteiger partial charge >= 0.3 is 0 Å². The zero-order chi connectivity index (χ0) is 17.4. The van der Waals surface area contributed by atoms with Crippen LogP contribution in [0.2, 0.25) is 0 Å². The summed E-state index contributed by atoms with van der Waals surface area (Å²) in [6.07, 6.45) is -12.7. The van der Waals surface area contributed by atoms with Crippen LogP contribution < -0.4 is 0 Å². The number of hydrogen-bond donors (Lipinski definition) is 8. The molecule has 2 rings (SSSR count). The van der Waals surface area contributed by atoms with E-state index in [1.54, 1.807) is 0 Å². The Morgan fingerprint density at radius 1 is 0.792 bits per heavy atom. The molecule has 0 spiro atoms. The molecule has 2 heterocycles. The van der Waals surface area contributed by atoms with Gasteiger partial charge in [0.15, 0.2) is 6.29 Å². The van der Waals surface area contributed by atoms with Crippen LogP contribution in [0.15, 0.2) is 0 Å². The van der Waals surface area contributed by atoms with E-state index in [1.165, 1.54) is 0 Å². The Labute approximate surface area is 149 Å². The van der Waals surface area contributed by atoms with Gasteiger partial charge in [-0.3, -0.25) is 0 Å². The Bertz CT molecular complexity index is 399.